The van der Waals surface area contributed by atoms with Crippen LogP contribution in [0.5, 0.6) is 0 Å². The number of rotatable bonds is 14. The topological polar surface area (TPSA) is 72.8 Å². The zero-order valence-corrected chi connectivity index (χ0v) is 23.9. The van der Waals surface area contributed by atoms with E-state index >= 15 is 0 Å². The zero-order chi connectivity index (χ0) is 27.4. The van der Waals surface area contributed by atoms with Gasteiger partial charge in [0.05, 0.1) is 24.4 Å². The van der Waals surface area contributed by atoms with Gasteiger partial charge in [-0.1, -0.05) is 57.9 Å². The van der Waals surface area contributed by atoms with Gasteiger partial charge < -0.3 is 14.6 Å². The molecule has 2 rings (SSSR count). The van der Waals surface area contributed by atoms with Crippen molar-refractivity contribution in [3.63, 3.8) is 0 Å². The van der Waals surface area contributed by atoms with Crippen LogP contribution >= 0.6 is 0 Å². The Bertz CT molecular complexity index is 773. The number of ether oxygens (including phenoxy) is 2. The van der Waals surface area contributed by atoms with E-state index in [4.69, 9.17) is 9.47 Å². The molecule has 1 N–H and O–H groups in total. The van der Waals surface area contributed by atoms with Crippen molar-refractivity contribution in [1.82, 2.24) is 0 Å². The molecule has 2 fully saturated rings. The summed E-state index contributed by atoms with van der Waals surface area (Å²) in [5.74, 6) is 1.46. The normalized spacial score (nSPS) is 25.4. The molecule has 37 heavy (non-hydrogen) atoms. The highest BCUT2D eigenvalue weighted by molar-refractivity contribution is 5.89. The third kappa shape index (κ3) is 11.2. The first-order valence-electron chi connectivity index (χ1n) is 14.6. The molecule has 1 unspecified atom stereocenters. The number of carbonyl (C=O) groups is 2. The van der Waals surface area contributed by atoms with Gasteiger partial charge in [-0.05, 0) is 95.8 Å². The molecule has 5 heteroatoms. The standard InChI is InChI=1S/C32H52O5/c1-7-8-9-10-25-11-13-26(14-12-25)15-16-27-17-19-28(20-18-27)29(21-36-30(33)23(2)3)22-37-31(34)24(4)32(5,6)35/h15-16,25-29,35H,2,4,7-14,17-22H2,1,3,5-6H3/b16-15+. The van der Waals surface area contributed by atoms with Gasteiger partial charge in [0.25, 0.3) is 0 Å². The fourth-order valence-electron chi connectivity index (χ4n) is 5.62. The van der Waals surface area contributed by atoms with Crippen molar-refractivity contribution in [1.29, 1.82) is 0 Å². The van der Waals surface area contributed by atoms with Crippen molar-refractivity contribution in [3.8, 4) is 0 Å². The molecule has 2 saturated carbocycles. The van der Waals surface area contributed by atoms with Crippen LogP contribution in [0.4, 0.5) is 0 Å². The fraction of sp³-hybridized carbons (Fsp3) is 0.750. The lowest BCUT2D eigenvalue weighted by Gasteiger charge is -2.33. The van der Waals surface area contributed by atoms with Crippen LogP contribution < -0.4 is 0 Å². The SMILES string of the molecule is C=C(C)C(=O)OCC(COC(=O)C(=C)C(C)(C)O)C1CCC(/C=C/C2CCC(CCCCC)CC2)CC1. The molecule has 0 spiro atoms. The number of carbonyl (C=O) groups excluding carboxylic acids is 2. The van der Waals surface area contributed by atoms with E-state index in [9.17, 15) is 14.7 Å². The minimum atomic E-state index is -1.34. The Morgan fingerprint density at radius 2 is 1.41 bits per heavy atom. The first kappa shape index (κ1) is 31.3. The molecule has 210 valence electrons. The van der Waals surface area contributed by atoms with Crippen molar-refractivity contribution in [3.05, 3.63) is 36.5 Å². The summed E-state index contributed by atoms with van der Waals surface area (Å²) in [6, 6.07) is 0. The summed E-state index contributed by atoms with van der Waals surface area (Å²) in [5.41, 5.74) is -0.957. The zero-order valence-electron chi connectivity index (χ0n) is 23.9. The molecule has 5 nitrogen and oxygen atoms in total. The number of unbranched alkanes of at least 4 members (excludes halogenated alkanes) is 2. The molecule has 0 aliphatic heterocycles. The molecule has 0 heterocycles. The van der Waals surface area contributed by atoms with Gasteiger partial charge in [-0.3, -0.25) is 0 Å². The minimum absolute atomic E-state index is 0.0222. The molecule has 0 saturated heterocycles. The molecular weight excluding hydrogens is 464 g/mol. The second-order valence-electron chi connectivity index (χ2n) is 12.1. The summed E-state index contributed by atoms with van der Waals surface area (Å²) < 4.78 is 11.0. The van der Waals surface area contributed by atoms with Gasteiger partial charge in [0.2, 0.25) is 0 Å². The third-order valence-corrected chi connectivity index (χ3v) is 8.44. The first-order chi connectivity index (χ1) is 17.5. The summed E-state index contributed by atoms with van der Waals surface area (Å²) >= 11 is 0. The van der Waals surface area contributed by atoms with E-state index in [1.165, 1.54) is 65.2 Å². The summed E-state index contributed by atoms with van der Waals surface area (Å²) in [6.45, 7) is 14.6. The van der Waals surface area contributed by atoms with Crippen LogP contribution in [0.25, 0.3) is 0 Å². The van der Waals surface area contributed by atoms with E-state index in [1.54, 1.807) is 6.92 Å². The van der Waals surface area contributed by atoms with E-state index in [2.05, 4.69) is 32.2 Å². The van der Waals surface area contributed by atoms with Crippen LogP contribution in [0.3, 0.4) is 0 Å². The number of hydrogen-bond donors (Lipinski definition) is 1. The van der Waals surface area contributed by atoms with Crippen molar-refractivity contribution in [2.24, 2.45) is 29.6 Å². The maximum absolute atomic E-state index is 12.4. The first-order valence-corrected chi connectivity index (χ1v) is 14.6. The molecule has 0 amide bonds. The van der Waals surface area contributed by atoms with Gasteiger partial charge in [0.15, 0.2) is 0 Å². The van der Waals surface area contributed by atoms with Crippen LogP contribution in [0.15, 0.2) is 36.5 Å². The van der Waals surface area contributed by atoms with Crippen LogP contribution in [0, 0.1) is 29.6 Å². The number of aliphatic hydroxyl groups is 1. The van der Waals surface area contributed by atoms with E-state index in [1.807, 2.05) is 0 Å². The van der Waals surface area contributed by atoms with Gasteiger partial charge in [-0.15, -0.1) is 0 Å². The van der Waals surface area contributed by atoms with Crippen LogP contribution in [0.1, 0.15) is 105 Å². The second-order valence-corrected chi connectivity index (χ2v) is 12.1. The predicted molar refractivity (Wildman–Crippen MR) is 150 cm³/mol. The molecule has 2 aliphatic carbocycles. The summed E-state index contributed by atoms with van der Waals surface area (Å²) in [5, 5.41) is 10.1. The van der Waals surface area contributed by atoms with Crippen LogP contribution in [0.2, 0.25) is 0 Å². The Morgan fingerprint density at radius 1 is 0.892 bits per heavy atom. The van der Waals surface area contributed by atoms with Crippen molar-refractivity contribution >= 4 is 11.9 Å². The molecule has 0 aromatic rings. The predicted octanol–water partition coefficient (Wildman–Crippen LogP) is 7.34. The Kier molecular flexibility index (Phi) is 13.1. The molecular formula is C32H52O5. The minimum Gasteiger partial charge on any atom is -0.462 e. The lowest BCUT2D eigenvalue weighted by molar-refractivity contribution is -0.147. The van der Waals surface area contributed by atoms with Crippen molar-refractivity contribution < 1.29 is 24.2 Å². The van der Waals surface area contributed by atoms with E-state index < -0.39 is 17.5 Å². The number of esters is 2. The summed E-state index contributed by atoms with van der Waals surface area (Å²) in [4.78, 5) is 24.4. The summed E-state index contributed by atoms with van der Waals surface area (Å²) in [6.07, 6.45) is 20.1. The average Bonchev–Trinajstić information content (AvgIpc) is 2.87. The van der Waals surface area contributed by atoms with E-state index in [0.717, 1.165) is 37.5 Å². The van der Waals surface area contributed by atoms with Gasteiger partial charge in [0, 0.05) is 11.5 Å². The molecule has 1 atom stereocenters. The number of hydrogen-bond acceptors (Lipinski definition) is 5. The Balaban J connectivity index is 1.84. The smallest absolute Gasteiger partial charge is 0.336 e. The van der Waals surface area contributed by atoms with E-state index in [-0.39, 0.29) is 24.7 Å². The monoisotopic (exact) mass is 516 g/mol. The third-order valence-electron chi connectivity index (χ3n) is 8.44. The molecule has 0 aromatic heterocycles. The van der Waals surface area contributed by atoms with Gasteiger partial charge in [-0.25, -0.2) is 9.59 Å². The molecule has 0 radical (unpaired) electrons. The largest absolute Gasteiger partial charge is 0.462 e. The average molecular weight is 517 g/mol. The second kappa shape index (κ2) is 15.5. The highest BCUT2D eigenvalue weighted by atomic mass is 16.5. The Hall–Kier alpha value is -1.88. The lowest BCUT2D eigenvalue weighted by atomic mass is 9.75. The van der Waals surface area contributed by atoms with Gasteiger partial charge in [0.1, 0.15) is 0 Å². The number of allylic oxidation sites excluding steroid dienone is 2. The van der Waals surface area contributed by atoms with Crippen molar-refractivity contribution in [2.45, 2.75) is 110 Å². The quantitative estimate of drug-likeness (QED) is 0.113. The van der Waals surface area contributed by atoms with Gasteiger partial charge >= 0.3 is 11.9 Å². The summed E-state index contributed by atoms with van der Waals surface area (Å²) in [7, 11) is 0. The van der Waals surface area contributed by atoms with Crippen LogP contribution in [-0.2, 0) is 19.1 Å². The van der Waals surface area contributed by atoms with E-state index in [0.29, 0.717) is 17.4 Å². The Morgan fingerprint density at radius 3 is 1.89 bits per heavy atom. The molecule has 0 aromatic carbocycles. The molecule has 0 bridgehead atoms. The van der Waals surface area contributed by atoms with Crippen molar-refractivity contribution in [2.75, 3.05) is 13.2 Å². The Labute approximate surface area is 225 Å². The highest BCUT2D eigenvalue weighted by Gasteiger charge is 2.31. The lowest BCUT2D eigenvalue weighted by Crippen LogP contribution is -2.33. The highest BCUT2D eigenvalue weighted by Crippen LogP contribution is 2.37. The maximum Gasteiger partial charge on any atom is 0.336 e. The maximum atomic E-state index is 12.4. The fourth-order valence-corrected chi connectivity index (χ4v) is 5.62. The molecule has 2 aliphatic rings. The van der Waals surface area contributed by atoms with Crippen LogP contribution in [-0.4, -0.2) is 35.9 Å². The van der Waals surface area contributed by atoms with Gasteiger partial charge in [-0.2, -0.15) is 0 Å².